The van der Waals surface area contributed by atoms with Crippen LogP contribution in [0.25, 0.3) is 5.69 Å². The van der Waals surface area contributed by atoms with Crippen LogP contribution in [-0.4, -0.2) is 27.0 Å². The zero-order valence-electron chi connectivity index (χ0n) is 19.0. The molecule has 1 heterocycles. The van der Waals surface area contributed by atoms with Crippen LogP contribution in [0.15, 0.2) is 33.5 Å². The third kappa shape index (κ3) is 6.82. The van der Waals surface area contributed by atoms with E-state index in [0.29, 0.717) is 22.4 Å². The van der Waals surface area contributed by atoms with Gasteiger partial charge in [-0.25, -0.2) is 9.59 Å². The first-order valence-corrected chi connectivity index (χ1v) is 11.4. The number of aromatic carboxylic acids is 1. The van der Waals surface area contributed by atoms with Crippen LogP contribution in [0.3, 0.4) is 0 Å². The van der Waals surface area contributed by atoms with Gasteiger partial charge in [0.05, 0.1) is 38.1 Å². The molecule has 0 saturated heterocycles. The molecule has 12 heteroatoms. The SMILES string of the molecule is CC(C)Oc1cc(-n2nc(C(C)(C)C)oc2=O)c(Cl)cc1Cl.Nc1cc(Cl)cc(C(=O)O)c1Cl. The number of hydrogen-bond donors (Lipinski definition) is 2. The maximum atomic E-state index is 12.1. The number of anilines is 1. The summed E-state index contributed by atoms with van der Waals surface area (Å²) in [4.78, 5) is 22.6. The van der Waals surface area contributed by atoms with Crippen LogP contribution in [0.4, 0.5) is 5.69 Å². The molecule has 0 aliphatic rings. The summed E-state index contributed by atoms with van der Waals surface area (Å²) < 4.78 is 11.9. The third-order valence-electron chi connectivity index (χ3n) is 4.08. The summed E-state index contributed by atoms with van der Waals surface area (Å²) in [5.74, 6) is -0.989. The largest absolute Gasteiger partial charge is 0.489 e. The molecule has 0 fully saturated rings. The fourth-order valence-electron chi connectivity index (χ4n) is 2.52. The molecular formula is C22H23Cl4N3O5. The number of carboxylic acid groups (broad SMARTS) is 1. The molecule has 0 radical (unpaired) electrons. The molecule has 0 bridgehead atoms. The van der Waals surface area contributed by atoms with Crippen molar-refractivity contribution in [1.29, 1.82) is 0 Å². The topological polar surface area (TPSA) is 121 Å². The van der Waals surface area contributed by atoms with Gasteiger partial charge < -0.3 is 20.0 Å². The lowest BCUT2D eigenvalue weighted by Gasteiger charge is -2.13. The normalized spacial score (nSPS) is 11.2. The van der Waals surface area contributed by atoms with Gasteiger partial charge in [-0.15, -0.1) is 5.10 Å². The van der Waals surface area contributed by atoms with Gasteiger partial charge in [-0.2, -0.15) is 4.68 Å². The number of benzene rings is 2. The van der Waals surface area contributed by atoms with Gasteiger partial charge in [-0.1, -0.05) is 67.2 Å². The Morgan fingerprint density at radius 3 is 2.24 bits per heavy atom. The smallest absolute Gasteiger partial charge is 0.442 e. The lowest BCUT2D eigenvalue weighted by Crippen LogP contribution is -2.15. The van der Waals surface area contributed by atoms with E-state index < -0.39 is 11.7 Å². The number of carboxylic acids is 1. The molecule has 0 amide bonds. The van der Waals surface area contributed by atoms with Gasteiger partial charge in [0.15, 0.2) is 0 Å². The predicted molar refractivity (Wildman–Crippen MR) is 134 cm³/mol. The first-order valence-electron chi connectivity index (χ1n) is 9.86. The van der Waals surface area contributed by atoms with Crippen molar-refractivity contribution < 1.29 is 19.1 Å². The molecular weight excluding hydrogens is 528 g/mol. The number of aromatic nitrogens is 2. The van der Waals surface area contributed by atoms with Crippen molar-refractivity contribution >= 4 is 58.1 Å². The zero-order valence-corrected chi connectivity index (χ0v) is 22.0. The Labute approximate surface area is 216 Å². The highest BCUT2D eigenvalue weighted by Crippen LogP contribution is 2.33. The molecule has 0 aliphatic heterocycles. The second kappa shape index (κ2) is 10.9. The number of rotatable bonds is 4. The van der Waals surface area contributed by atoms with Gasteiger partial charge in [0.1, 0.15) is 5.75 Å². The molecule has 3 rings (SSSR count). The average Bonchev–Trinajstić information content (AvgIpc) is 3.09. The molecule has 0 atom stereocenters. The number of ether oxygens (including phenoxy) is 1. The Morgan fingerprint density at radius 2 is 1.74 bits per heavy atom. The van der Waals surface area contributed by atoms with Crippen LogP contribution < -0.4 is 16.2 Å². The molecule has 0 unspecified atom stereocenters. The molecule has 3 N–H and O–H groups in total. The van der Waals surface area contributed by atoms with E-state index in [4.69, 9.17) is 66.4 Å². The summed E-state index contributed by atoms with van der Waals surface area (Å²) in [5, 5.41) is 13.8. The summed E-state index contributed by atoms with van der Waals surface area (Å²) in [6.07, 6.45) is -0.0642. The molecule has 2 aromatic carbocycles. The lowest BCUT2D eigenvalue weighted by molar-refractivity contribution is 0.0697. The Balaban J connectivity index is 0.000000287. The monoisotopic (exact) mass is 549 g/mol. The second-order valence-electron chi connectivity index (χ2n) is 8.40. The highest BCUT2D eigenvalue weighted by Gasteiger charge is 2.24. The summed E-state index contributed by atoms with van der Waals surface area (Å²) in [5.41, 5.74) is 5.44. The predicted octanol–water partition coefficient (Wildman–Crippen LogP) is 6.49. The highest BCUT2D eigenvalue weighted by atomic mass is 35.5. The van der Waals surface area contributed by atoms with Gasteiger partial charge in [-0.3, -0.25) is 0 Å². The maximum Gasteiger partial charge on any atom is 0.442 e. The number of nitrogens with zero attached hydrogens (tertiary/aromatic N) is 2. The molecule has 34 heavy (non-hydrogen) atoms. The van der Waals surface area contributed by atoms with Crippen molar-refractivity contribution in [2.24, 2.45) is 0 Å². The first kappa shape index (κ1) is 27.9. The summed E-state index contributed by atoms with van der Waals surface area (Å²) in [6, 6.07) is 5.76. The van der Waals surface area contributed by atoms with E-state index in [1.165, 1.54) is 18.2 Å². The zero-order chi connectivity index (χ0) is 26.0. The summed E-state index contributed by atoms with van der Waals surface area (Å²) in [7, 11) is 0. The van der Waals surface area contributed by atoms with Crippen molar-refractivity contribution in [3.63, 3.8) is 0 Å². The molecule has 0 aliphatic carbocycles. The molecule has 3 aromatic rings. The molecule has 184 valence electrons. The Bertz CT molecular complexity index is 1260. The van der Waals surface area contributed by atoms with Crippen molar-refractivity contribution in [2.75, 3.05) is 5.73 Å². The van der Waals surface area contributed by atoms with E-state index in [9.17, 15) is 9.59 Å². The Morgan fingerprint density at radius 1 is 1.12 bits per heavy atom. The summed E-state index contributed by atoms with van der Waals surface area (Å²) in [6.45, 7) is 9.47. The van der Waals surface area contributed by atoms with Crippen molar-refractivity contribution in [1.82, 2.24) is 9.78 Å². The Hall–Kier alpha value is -2.39. The minimum absolute atomic E-state index is 0.0203. The average molecular weight is 551 g/mol. The van der Waals surface area contributed by atoms with Gasteiger partial charge in [-0.05, 0) is 32.0 Å². The van der Waals surface area contributed by atoms with Crippen molar-refractivity contribution in [2.45, 2.75) is 46.1 Å². The molecule has 0 spiro atoms. The van der Waals surface area contributed by atoms with Gasteiger partial charge >= 0.3 is 11.7 Å². The summed E-state index contributed by atoms with van der Waals surface area (Å²) >= 11 is 23.5. The van der Waals surface area contributed by atoms with E-state index in [1.54, 1.807) is 6.07 Å². The van der Waals surface area contributed by atoms with Crippen molar-refractivity contribution in [3.05, 3.63) is 66.4 Å². The quantitative estimate of drug-likeness (QED) is 0.356. The lowest BCUT2D eigenvalue weighted by atomic mass is 9.97. The van der Waals surface area contributed by atoms with Crippen molar-refractivity contribution in [3.8, 4) is 11.4 Å². The number of halogens is 4. The van der Waals surface area contributed by atoms with Crippen LogP contribution in [0.5, 0.6) is 5.75 Å². The first-order chi connectivity index (χ1) is 15.6. The van der Waals surface area contributed by atoms with Crippen LogP contribution in [-0.2, 0) is 5.41 Å². The van der Waals surface area contributed by atoms with Crippen LogP contribution in [0.2, 0.25) is 20.1 Å². The van der Waals surface area contributed by atoms with E-state index >= 15 is 0 Å². The number of hydrogen-bond acceptors (Lipinski definition) is 6. The number of nitrogens with two attached hydrogens (primary N) is 1. The number of nitrogen functional groups attached to an aromatic ring is 1. The fourth-order valence-corrected chi connectivity index (χ4v) is 3.45. The van der Waals surface area contributed by atoms with Gasteiger partial charge in [0.2, 0.25) is 5.89 Å². The standard InChI is InChI=1S/C15H18Cl2N2O3.C7H5Cl2NO2/c1-8(2)21-12-7-11(9(16)6-10(12)17)19-14(20)22-13(18-19)15(3,4)5;8-3-1-4(7(11)12)6(9)5(10)2-3/h6-8H,1-5H3;1-2H,10H2,(H,11,12). The highest BCUT2D eigenvalue weighted by molar-refractivity contribution is 6.38. The van der Waals surface area contributed by atoms with Gasteiger partial charge in [0.25, 0.3) is 0 Å². The van der Waals surface area contributed by atoms with E-state index in [1.807, 2.05) is 34.6 Å². The van der Waals surface area contributed by atoms with E-state index in [0.717, 1.165) is 4.68 Å². The molecule has 1 aromatic heterocycles. The number of carbonyl (C=O) groups is 1. The van der Waals surface area contributed by atoms with Crippen LogP contribution in [0, 0.1) is 0 Å². The minimum Gasteiger partial charge on any atom is -0.489 e. The third-order valence-corrected chi connectivity index (χ3v) is 5.32. The molecule has 0 saturated carbocycles. The fraction of sp³-hybridized carbons (Fsp3) is 0.318. The van der Waals surface area contributed by atoms with E-state index in [-0.39, 0.29) is 37.8 Å². The second-order valence-corrected chi connectivity index (χ2v) is 10.0. The van der Waals surface area contributed by atoms with Crippen LogP contribution in [0.1, 0.15) is 50.9 Å². The van der Waals surface area contributed by atoms with Gasteiger partial charge in [0, 0.05) is 16.5 Å². The Kier molecular flexibility index (Phi) is 8.93. The van der Waals surface area contributed by atoms with Crippen LogP contribution >= 0.6 is 46.4 Å². The maximum absolute atomic E-state index is 12.1. The van der Waals surface area contributed by atoms with E-state index in [2.05, 4.69) is 5.10 Å². The minimum atomic E-state index is -1.14. The molecule has 8 nitrogen and oxygen atoms in total.